The number of methoxy groups -OCH3 is 1. The Balaban J connectivity index is 2.04. The summed E-state index contributed by atoms with van der Waals surface area (Å²) in [5.74, 6) is 0.628. The van der Waals surface area contributed by atoms with Crippen LogP contribution in [0.1, 0.15) is 10.5 Å². The zero-order valence-corrected chi connectivity index (χ0v) is 12.9. The zero-order chi connectivity index (χ0) is 16.2. The van der Waals surface area contributed by atoms with Crippen molar-refractivity contribution in [3.63, 3.8) is 0 Å². The average Bonchev–Trinajstić information content (AvgIpc) is 2.62. The van der Waals surface area contributed by atoms with E-state index < -0.39 is 5.91 Å². The van der Waals surface area contributed by atoms with Gasteiger partial charge in [-0.25, -0.2) is 9.97 Å². The molecule has 2 N–H and O–H groups in total. The van der Waals surface area contributed by atoms with Crippen molar-refractivity contribution >= 4 is 11.9 Å². The molecular formula is C16H18N4O3. The van der Waals surface area contributed by atoms with Gasteiger partial charge in [0, 0.05) is 18.7 Å². The van der Waals surface area contributed by atoms with Crippen LogP contribution < -0.4 is 15.4 Å². The highest BCUT2D eigenvalue weighted by Gasteiger charge is 2.18. The average molecular weight is 314 g/mol. The van der Waals surface area contributed by atoms with Gasteiger partial charge in [0.05, 0.1) is 26.0 Å². The van der Waals surface area contributed by atoms with Crippen molar-refractivity contribution in [1.29, 1.82) is 0 Å². The SMILES string of the molecule is COc1cccc(-c2cc(C(N)=O)nc(N3CCOCC3)n2)c1. The van der Waals surface area contributed by atoms with E-state index in [0.29, 0.717) is 37.9 Å². The summed E-state index contributed by atoms with van der Waals surface area (Å²) in [6.07, 6.45) is 0. The zero-order valence-electron chi connectivity index (χ0n) is 12.9. The van der Waals surface area contributed by atoms with E-state index in [1.807, 2.05) is 29.2 Å². The fraction of sp³-hybridized carbons (Fsp3) is 0.312. The van der Waals surface area contributed by atoms with Gasteiger partial charge in [0.25, 0.3) is 5.91 Å². The third-order valence-corrected chi connectivity index (χ3v) is 3.63. The van der Waals surface area contributed by atoms with E-state index >= 15 is 0 Å². The Morgan fingerprint density at radius 2 is 2.04 bits per heavy atom. The molecule has 7 nitrogen and oxygen atoms in total. The molecule has 0 spiro atoms. The second-order valence-corrected chi connectivity index (χ2v) is 5.13. The molecule has 2 heterocycles. The summed E-state index contributed by atoms with van der Waals surface area (Å²) in [7, 11) is 1.60. The van der Waals surface area contributed by atoms with E-state index in [1.54, 1.807) is 13.2 Å². The molecule has 23 heavy (non-hydrogen) atoms. The van der Waals surface area contributed by atoms with Crippen LogP contribution in [0.15, 0.2) is 30.3 Å². The van der Waals surface area contributed by atoms with Crippen LogP contribution >= 0.6 is 0 Å². The molecular weight excluding hydrogens is 296 g/mol. The molecule has 0 saturated carbocycles. The van der Waals surface area contributed by atoms with Gasteiger partial charge >= 0.3 is 0 Å². The van der Waals surface area contributed by atoms with Crippen LogP contribution in [-0.2, 0) is 4.74 Å². The molecule has 0 atom stereocenters. The standard InChI is InChI=1S/C16H18N4O3/c1-22-12-4-2-3-11(9-12)13-10-14(15(17)21)19-16(18-13)20-5-7-23-8-6-20/h2-4,9-10H,5-8H2,1H3,(H2,17,21). The number of aromatic nitrogens is 2. The maximum Gasteiger partial charge on any atom is 0.267 e. The summed E-state index contributed by atoms with van der Waals surface area (Å²) in [5.41, 5.74) is 7.08. The highest BCUT2D eigenvalue weighted by molar-refractivity contribution is 5.92. The number of ether oxygens (including phenoxy) is 2. The van der Waals surface area contributed by atoms with Crippen LogP contribution in [0.2, 0.25) is 0 Å². The minimum atomic E-state index is -0.578. The van der Waals surface area contributed by atoms with Crippen molar-refractivity contribution in [1.82, 2.24) is 9.97 Å². The van der Waals surface area contributed by atoms with Gasteiger partial charge < -0.3 is 20.1 Å². The van der Waals surface area contributed by atoms with E-state index in [4.69, 9.17) is 15.2 Å². The van der Waals surface area contributed by atoms with Crippen LogP contribution in [0.3, 0.4) is 0 Å². The van der Waals surface area contributed by atoms with Crippen molar-refractivity contribution in [2.45, 2.75) is 0 Å². The molecule has 1 amide bonds. The van der Waals surface area contributed by atoms with Gasteiger partial charge in [-0.3, -0.25) is 4.79 Å². The number of amides is 1. The Hall–Kier alpha value is -2.67. The molecule has 0 unspecified atom stereocenters. The Morgan fingerprint density at radius 3 is 2.74 bits per heavy atom. The quantitative estimate of drug-likeness (QED) is 0.908. The number of benzene rings is 1. The fourth-order valence-electron chi connectivity index (χ4n) is 2.40. The maximum absolute atomic E-state index is 11.6. The highest BCUT2D eigenvalue weighted by Crippen LogP contribution is 2.24. The van der Waals surface area contributed by atoms with Crippen LogP contribution in [0, 0.1) is 0 Å². The number of rotatable bonds is 4. The molecule has 1 aromatic carbocycles. The summed E-state index contributed by atoms with van der Waals surface area (Å²) in [5, 5.41) is 0. The Bertz CT molecular complexity index is 714. The first-order valence-corrected chi connectivity index (χ1v) is 7.33. The Labute approximate surface area is 134 Å². The molecule has 2 aromatic rings. The van der Waals surface area contributed by atoms with E-state index in [0.717, 1.165) is 11.3 Å². The van der Waals surface area contributed by atoms with Crippen LogP contribution in [0.25, 0.3) is 11.3 Å². The van der Waals surface area contributed by atoms with Crippen molar-refractivity contribution in [3.05, 3.63) is 36.0 Å². The third kappa shape index (κ3) is 3.40. The Kier molecular flexibility index (Phi) is 4.38. The third-order valence-electron chi connectivity index (χ3n) is 3.63. The summed E-state index contributed by atoms with van der Waals surface area (Å²) < 4.78 is 10.6. The fourth-order valence-corrected chi connectivity index (χ4v) is 2.40. The van der Waals surface area contributed by atoms with Gasteiger partial charge in [-0.15, -0.1) is 0 Å². The number of anilines is 1. The number of nitrogens with zero attached hydrogens (tertiary/aromatic N) is 3. The summed E-state index contributed by atoms with van der Waals surface area (Å²) >= 11 is 0. The van der Waals surface area contributed by atoms with Gasteiger partial charge in [-0.05, 0) is 18.2 Å². The topological polar surface area (TPSA) is 90.6 Å². The van der Waals surface area contributed by atoms with Gasteiger partial charge in [0.15, 0.2) is 0 Å². The lowest BCUT2D eigenvalue weighted by molar-refractivity contribution is 0.0995. The molecule has 1 aliphatic heterocycles. The normalized spacial score (nSPS) is 14.6. The molecule has 7 heteroatoms. The van der Waals surface area contributed by atoms with Crippen molar-refractivity contribution < 1.29 is 14.3 Å². The summed E-state index contributed by atoms with van der Waals surface area (Å²) in [4.78, 5) is 22.5. The lowest BCUT2D eigenvalue weighted by Gasteiger charge is -2.27. The van der Waals surface area contributed by atoms with E-state index in [1.165, 1.54) is 0 Å². The number of carbonyl (C=O) groups is 1. The monoisotopic (exact) mass is 314 g/mol. The second-order valence-electron chi connectivity index (χ2n) is 5.13. The predicted octanol–water partition coefficient (Wildman–Crippen LogP) is 1.09. The molecule has 1 saturated heterocycles. The van der Waals surface area contributed by atoms with Crippen molar-refractivity contribution in [3.8, 4) is 17.0 Å². The van der Waals surface area contributed by atoms with Crippen molar-refractivity contribution in [2.24, 2.45) is 5.73 Å². The predicted molar refractivity (Wildman–Crippen MR) is 85.6 cm³/mol. The molecule has 0 radical (unpaired) electrons. The Morgan fingerprint density at radius 1 is 1.26 bits per heavy atom. The number of nitrogens with two attached hydrogens (primary N) is 1. The molecule has 0 aliphatic carbocycles. The lowest BCUT2D eigenvalue weighted by Crippen LogP contribution is -2.37. The van der Waals surface area contributed by atoms with E-state index in [2.05, 4.69) is 9.97 Å². The van der Waals surface area contributed by atoms with E-state index in [-0.39, 0.29) is 5.69 Å². The van der Waals surface area contributed by atoms with Crippen molar-refractivity contribution in [2.75, 3.05) is 38.3 Å². The van der Waals surface area contributed by atoms with E-state index in [9.17, 15) is 4.79 Å². The van der Waals surface area contributed by atoms with Crippen LogP contribution in [0.5, 0.6) is 5.75 Å². The summed E-state index contributed by atoms with van der Waals surface area (Å²) in [6, 6.07) is 9.08. The maximum atomic E-state index is 11.6. The first kappa shape index (κ1) is 15.2. The molecule has 1 aliphatic rings. The molecule has 0 bridgehead atoms. The first-order chi connectivity index (χ1) is 11.2. The second kappa shape index (κ2) is 6.62. The number of carbonyl (C=O) groups excluding carboxylic acids is 1. The molecule has 120 valence electrons. The molecule has 1 fully saturated rings. The lowest BCUT2D eigenvalue weighted by atomic mass is 10.1. The largest absolute Gasteiger partial charge is 0.497 e. The van der Waals surface area contributed by atoms with Gasteiger partial charge in [0.2, 0.25) is 5.95 Å². The van der Waals surface area contributed by atoms with Gasteiger partial charge in [0.1, 0.15) is 11.4 Å². The first-order valence-electron chi connectivity index (χ1n) is 7.33. The number of primary amides is 1. The highest BCUT2D eigenvalue weighted by atomic mass is 16.5. The minimum absolute atomic E-state index is 0.194. The number of hydrogen-bond donors (Lipinski definition) is 1. The van der Waals surface area contributed by atoms with Crippen LogP contribution in [-0.4, -0.2) is 49.3 Å². The minimum Gasteiger partial charge on any atom is -0.497 e. The summed E-state index contributed by atoms with van der Waals surface area (Å²) in [6.45, 7) is 2.58. The van der Waals surface area contributed by atoms with Crippen LogP contribution in [0.4, 0.5) is 5.95 Å². The molecule has 1 aromatic heterocycles. The van der Waals surface area contributed by atoms with Gasteiger partial charge in [-0.2, -0.15) is 0 Å². The number of morpholine rings is 1. The molecule has 3 rings (SSSR count). The van der Waals surface area contributed by atoms with Gasteiger partial charge in [-0.1, -0.05) is 12.1 Å². The smallest absolute Gasteiger partial charge is 0.267 e. The number of hydrogen-bond acceptors (Lipinski definition) is 6.